The second kappa shape index (κ2) is 12.9. The molecule has 2 rings (SSSR count). The summed E-state index contributed by atoms with van der Waals surface area (Å²) in [5, 5.41) is 8.63. The highest BCUT2D eigenvalue weighted by Crippen LogP contribution is 2.11. The Kier molecular flexibility index (Phi) is 11.2. The van der Waals surface area contributed by atoms with Gasteiger partial charge in [-0.1, -0.05) is 6.07 Å². The van der Waals surface area contributed by atoms with E-state index in [0.717, 1.165) is 31.9 Å². The first kappa shape index (κ1) is 21.7. The first-order chi connectivity index (χ1) is 11.8. The van der Waals surface area contributed by atoms with Gasteiger partial charge < -0.3 is 15.4 Å². The predicted octanol–water partition coefficient (Wildman–Crippen LogP) is 4.42. The van der Waals surface area contributed by atoms with Crippen molar-refractivity contribution in [3.05, 3.63) is 52.5 Å². The van der Waals surface area contributed by atoms with Crippen molar-refractivity contribution in [3.63, 3.8) is 0 Å². The van der Waals surface area contributed by atoms with Gasteiger partial charge in [0.25, 0.3) is 0 Å². The third kappa shape index (κ3) is 9.06. The van der Waals surface area contributed by atoms with E-state index in [0.29, 0.717) is 18.9 Å². The van der Waals surface area contributed by atoms with Crippen LogP contribution in [-0.4, -0.2) is 25.7 Å². The molecule has 0 radical (unpaired) electrons. The summed E-state index contributed by atoms with van der Waals surface area (Å²) in [5.74, 6) is 1.30. The van der Waals surface area contributed by atoms with Gasteiger partial charge in [-0.3, -0.25) is 0 Å². The molecule has 138 valence electrons. The van der Waals surface area contributed by atoms with Crippen molar-refractivity contribution in [2.75, 3.05) is 19.7 Å². The fourth-order valence-electron chi connectivity index (χ4n) is 2.06. The average Bonchev–Trinajstić information content (AvgIpc) is 3.11. The monoisotopic (exact) mass is 477 g/mol. The van der Waals surface area contributed by atoms with Crippen LogP contribution in [0.25, 0.3) is 0 Å². The maximum absolute atomic E-state index is 12.8. The lowest BCUT2D eigenvalue weighted by molar-refractivity contribution is 0.306. The summed E-state index contributed by atoms with van der Waals surface area (Å²) in [7, 11) is 0. The van der Waals surface area contributed by atoms with Gasteiger partial charge in [0.15, 0.2) is 5.96 Å². The van der Waals surface area contributed by atoms with Crippen LogP contribution >= 0.6 is 35.3 Å². The Morgan fingerprint density at radius 3 is 2.64 bits per heavy atom. The Morgan fingerprint density at radius 1 is 1.16 bits per heavy atom. The Bertz CT molecular complexity index is 605. The molecular weight excluding hydrogens is 452 g/mol. The number of ether oxygens (including phenoxy) is 1. The molecule has 0 saturated heterocycles. The molecule has 2 N–H and O–H groups in total. The molecular formula is C18H25FIN3OS. The molecule has 2 aromatic rings. The first-order valence-corrected chi connectivity index (χ1v) is 9.09. The number of hydrogen-bond donors (Lipinski definition) is 2. The fourth-order valence-corrected chi connectivity index (χ4v) is 2.68. The number of halogens is 2. The summed E-state index contributed by atoms with van der Waals surface area (Å²) in [6.45, 7) is 5.04. The minimum absolute atomic E-state index is 0. The lowest BCUT2D eigenvalue weighted by Gasteiger charge is -2.11. The molecule has 0 saturated carbocycles. The molecule has 0 amide bonds. The Morgan fingerprint density at radius 2 is 1.96 bits per heavy atom. The van der Waals surface area contributed by atoms with E-state index in [1.54, 1.807) is 23.5 Å². The average molecular weight is 477 g/mol. The lowest BCUT2D eigenvalue weighted by atomic mass is 10.3. The van der Waals surface area contributed by atoms with E-state index in [2.05, 4.69) is 34.0 Å². The molecule has 0 aliphatic heterocycles. The predicted molar refractivity (Wildman–Crippen MR) is 114 cm³/mol. The highest BCUT2D eigenvalue weighted by molar-refractivity contribution is 14.0. The Hall–Kier alpha value is -1.35. The van der Waals surface area contributed by atoms with Gasteiger partial charge in [-0.25, -0.2) is 9.38 Å². The standard InChI is InChI=1S/C18H24FN3OS.HI/c1-2-20-18(22-14-17-6-5-13-24-17)21-11-3-4-12-23-16-9-7-15(19)8-10-16;/h5-10,13H,2-4,11-12,14H2,1H3,(H2,20,21,22);1H. The molecule has 0 atom stereocenters. The minimum Gasteiger partial charge on any atom is -0.494 e. The lowest BCUT2D eigenvalue weighted by Crippen LogP contribution is -2.37. The van der Waals surface area contributed by atoms with Gasteiger partial charge in [0, 0.05) is 18.0 Å². The molecule has 25 heavy (non-hydrogen) atoms. The zero-order valence-electron chi connectivity index (χ0n) is 14.3. The molecule has 1 aromatic carbocycles. The van der Waals surface area contributed by atoms with Crippen molar-refractivity contribution in [3.8, 4) is 5.75 Å². The first-order valence-electron chi connectivity index (χ1n) is 8.21. The van der Waals surface area contributed by atoms with Gasteiger partial charge >= 0.3 is 0 Å². The molecule has 1 aromatic heterocycles. The zero-order valence-corrected chi connectivity index (χ0v) is 17.5. The quantitative estimate of drug-likeness (QED) is 0.243. The van der Waals surface area contributed by atoms with Crippen molar-refractivity contribution < 1.29 is 9.13 Å². The number of thiophene rings is 1. The summed E-state index contributed by atoms with van der Waals surface area (Å²) in [6, 6.07) is 10.2. The third-order valence-electron chi connectivity index (χ3n) is 3.26. The van der Waals surface area contributed by atoms with Gasteiger partial charge in [-0.2, -0.15) is 0 Å². The largest absolute Gasteiger partial charge is 0.494 e. The van der Waals surface area contributed by atoms with Crippen LogP contribution in [0.4, 0.5) is 4.39 Å². The second-order valence-electron chi connectivity index (χ2n) is 5.21. The molecule has 0 unspecified atom stereocenters. The Labute approximate surface area is 169 Å². The minimum atomic E-state index is -0.246. The number of rotatable bonds is 9. The number of guanidine groups is 1. The molecule has 0 bridgehead atoms. The van der Waals surface area contributed by atoms with Crippen molar-refractivity contribution in [2.24, 2.45) is 4.99 Å². The van der Waals surface area contributed by atoms with Gasteiger partial charge in [-0.15, -0.1) is 35.3 Å². The van der Waals surface area contributed by atoms with Crippen LogP contribution in [0.3, 0.4) is 0 Å². The van der Waals surface area contributed by atoms with Gasteiger partial charge in [-0.05, 0) is 55.5 Å². The number of aliphatic imine (C=N–C) groups is 1. The maximum atomic E-state index is 12.8. The van der Waals surface area contributed by atoms with Gasteiger partial charge in [0.1, 0.15) is 11.6 Å². The molecule has 7 heteroatoms. The summed E-state index contributed by atoms with van der Waals surface area (Å²) >= 11 is 1.71. The van der Waals surface area contributed by atoms with Gasteiger partial charge in [0.05, 0.1) is 13.2 Å². The van der Waals surface area contributed by atoms with Crippen molar-refractivity contribution in [1.82, 2.24) is 10.6 Å². The SMILES string of the molecule is CCNC(=NCc1cccs1)NCCCCOc1ccc(F)cc1.I. The molecule has 0 fully saturated rings. The summed E-state index contributed by atoms with van der Waals surface area (Å²) in [6.07, 6.45) is 1.90. The van der Waals surface area contributed by atoms with Crippen molar-refractivity contribution in [2.45, 2.75) is 26.3 Å². The van der Waals surface area contributed by atoms with Crippen LogP contribution in [0.5, 0.6) is 5.75 Å². The van der Waals surface area contributed by atoms with Crippen LogP contribution < -0.4 is 15.4 Å². The van der Waals surface area contributed by atoms with E-state index in [1.807, 2.05) is 6.07 Å². The zero-order chi connectivity index (χ0) is 17.0. The van der Waals surface area contributed by atoms with E-state index in [-0.39, 0.29) is 29.8 Å². The highest BCUT2D eigenvalue weighted by Gasteiger charge is 1.99. The molecule has 1 heterocycles. The number of benzene rings is 1. The highest BCUT2D eigenvalue weighted by atomic mass is 127. The maximum Gasteiger partial charge on any atom is 0.191 e. The summed E-state index contributed by atoms with van der Waals surface area (Å²) in [5.41, 5.74) is 0. The number of hydrogen-bond acceptors (Lipinski definition) is 3. The molecule has 0 spiro atoms. The van der Waals surface area contributed by atoms with Crippen LogP contribution in [0, 0.1) is 5.82 Å². The van der Waals surface area contributed by atoms with Crippen LogP contribution in [0.2, 0.25) is 0 Å². The topological polar surface area (TPSA) is 45.7 Å². The van der Waals surface area contributed by atoms with E-state index >= 15 is 0 Å². The summed E-state index contributed by atoms with van der Waals surface area (Å²) in [4.78, 5) is 5.82. The van der Waals surface area contributed by atoms with Crippen LogP contribution in [0.1, 0.15) is 24.6 Å². The van der Waals surface area contributed by atoms with Gasteiger partial charge in [0.2, 0.25) is 0 Å². The van der Waals surface area contributed by atoms with E-state index < -0.39 is 0 Å². The van der Waals surface area contributed by atoms with E-state index in [9.17, 15) is 4.39 Å². The van der Waals surface area contributed by atoms with Crippen molar-refractivity contribution >= 4 is 41.3 Å². The second-order valence-corrected chi connectivity index (χ2v) is 6.24. The van der Waals surface area contributed by atoms with E-state index in [4.69, 9.17) is 4.74 Å². The number of nitrogens with one attached hydrogen (secondary N) is 2. The van der Waals surface area contributed by atoms with Crippen LogP contribution in [0.15, 0.2) is 46.8 Å². The molecule has 0 aliphatic carbocycles. The fraction of sp³-hybridized carbons (Fsp3) is 0.389. The number of unbranched alkanes of at least 4 members (excludes halogenated alkanes) is 1. The number of nitrogens with zero attached hydrogens (tertiary/aromatic N) is 1. The van der Waals surface area contributed by atoms with Crippen molar-refractivity contribution in [1.29, 1.82) is 0 Å². The normalized spacial score (nSPS) is 10.9. The molecule has 4 nitrogen and oxygen atoms in total. The summed E-state index contributed by atoms with van der Waals surface area (Å²) < 4.78 is 18.4. The molecule has 0 aliphatic rings. The smallest absolute Gasteiger partial charge is 0.191 e. The van der Waals surface area contributed by atoms with Crippen LogP contribution in [-0.2, 0) is 6.54 Å². The van der Waals surface area contributed by atoms with E-state index in [1.165, 1.54) is 17.0 Å². The Balaban J connectivity index is 0.00000312. The third-order valence-corrected chi connectivity index (χ3v) is 4.12.